The standard InChI is InChI=1S/C33H34FN7O4S/c1-39-30-25(11-20(13-28(30)45-2)33(42)41-16-19-6-10-26(41)29(19)35)38-32(39)27-12-18-5-9-24(37-31(18)40(27)15-17-3-4-17)22-8-7-21(14-23(22)34)46(36,43)44/h5,7-9,11-14,17,19,26,29H,3-4,6,10,15-16,35H2,1-2H3,(H2,36,43,44)/t19?,26?,29-/m1/s1. The smallest absolute Gasteiger partial charge is 0.254 e. The average molecular weight is 644 g/mol. The monoisotopic (exact) mass is 643 g/mol. The van der Waals surface area contributed by atoms with Gasteiger partial charge in [-0.1, -0.05) is 0 Å². The molecule has 5 aromatic rings. The van der Waals surface area contributed by atoms with Gasteiger partial charge >= 0.3 is 0 Å². The minimum Gasteiger partial charge on any atom is -0.494 e. The number of nitrogens with zero attached hydrogens (tertiary/aromatic N) is 5. The number of hydrogen-bond donors (Lipinski definition) is 2. The fourth-order valence-electron chi connectivity index (χ4n) is 7.35. The van der Waals surface area contributed by atoms with E-state index in [-0.39, 0.29) is 28.4 Å². The highest BCUT2D eigenvalue weighted by atomic mass is 32.2. The van der Waals surface area contributed by atoms with Crippen molar-refractivity contribution in [2.45, 2.75) is 49.2 Å². The Morgan fingerprint density at radius 1 is 1.07 bits per heavy atom. The number of aryl methyl sites for hydroxylation is 1. The van der Waals surface area contributed by atoms with Gasteiger partial charge in [0.1, 0.15) is 22.7 Å². The molecule has 11 nitrogen and oxygen atoms in total. The zero-order valence-electron chi connectivity index (χ0n) is 25.5. The number of piperidine rings is 1. The van der Waals surface area contributed by atoms with Gasteiger partial charge in [0.25, 0.3) is 5.91 Å². The second-order valence-corrected chi connectivity index (χ2v) is 14.4. The van der Waals surface area contributed by atoms with Crippen LogP contribution in [-0.2, 0) is 23.6 Å². The number of carbonyl (C=O) groups is 1. The normalized spacial score (nSPS) is 21.2. The number of halogens is 1. The lowest BCUT2D eigenvalue weighted by atomic mass is 10.1. The van der Waals surface area contributed by atoms with Gasteiger partial charge in [-0.05, 0) is 86.1 Å². The van der Waals surface area contributed by atoms with Crippen LogP contribution in [0, 0.1) is 17.7 Å². The number of primary sulfonamides is 1. The summed E-state index contributed by atoms with van der Waals surface area (Å²) in [5.74, 6) is 1.29. The van der Waals surface area contributed by atoms with Crippen LogP contribution >= 0.6 is 0 Å². The molecule has 3 aromatic heterocycles. The predicted molar refractivity (Wildman–Crippen MR) is 171 cm³/mol. The number of carbonyl (C=O) groups excluding carboxylic acids is 1. The molecule has 3 fully saturated rings. The van der Waals surface area contributed by atoms with Crippen molar-refractivity contribution in [1.29, 1.82) is 0 Å². The minimum absolute atomic E-state index is 0.0245. The topological polar surface area (TPSA) is 151 Å². The Bertz CT molecular complexity index is 2190. The largest absolute Gasteiger partial charge is 0.494 e. The van der Waals surface area contributed by atoms with Crippen LogP contribution in [0.3, 0.4) is 0 Å². The maximum Gasteiger partial charge on any atom is 0.254 e. The average Bonchev–Trinajstić information content (AvgIpc) is 3.44. The van der Waals surface area contributed by atoms with Crippen molar-refractivity contribution >= 4 is 38.0 Å². The molecule has 2 saturated carbocycles. The molecule has 3 atom stereocenters. The summed E-state index contributed by atoms with van der Waals surface area (Å²) in [6, 6.07) is 12.9. The summed E-state index contributed by atoms with van der Waals surface area (Å²) in [5.41, 5.74) is 10.4. The van der Waals surface area contributed by atoms with Crippen molar-refractivity contribution in [3.63, 3.8) is 0 Å². The molecule has 1 aliphatic heterocycles. The molecule has 2 unspecified atom stereocenters. The van der Waals surface area contributed by atoms with Crippen LogP contribution in [0.1, 0.15) is 36.0 Å². The van der Waals surface area contributed by atoms with Crippen molar-refractivity contribution < 1.29 is 22.3 Å². The quantitative estimate of drug-likeness (QED) is 0.272. The molecular weight excluding hydrogens is 609 g/mol. The molecule has 2 aromatic carbocycles. The number of amides is 1. The van der Waals surface area contributed by atoms with Gasteiger partial charge in [-0.3, -0.25) is 4.79 Å². The molecular formula is C33H34FN7O4S. The minimum atomic E-state index is -4.05. The lowest BCUT2D eigenvalue weighted by Crippen LogP contribution is -2.41. The van der Waals surface area contributed by atoms with Crippen LogP contribution in [0.15, 0.2) is 53.4 Å². The van der Waals surface area contributed by atoms with Gasteiger partial charge in [-0.2, -0.15) is 0 Å². The molecule has 238 valence electrons. The van der Waals surface area contributed by atoms with Crippen molar-refractivity contribution in [3.8, 4) is 28.5 Å². The number of sulfonamides is 1. The summed E-state index contributed by atoms with van der Waals surface area (Å²) in [6.07, 6.45) is 4.20. The maximum absolute atomic E-state index is 15.1. The Labute approximate surface area is 265 Å². The van der Waals surface area contributed by atoms with Gasteiger partial charge in [0.2, 0.25) is 10.0 Å². The summed E-state index contributed by atoms with van der Waals surface area (Å²) < 4.78 is 48.5. The maximum atomic E-state index is 15.1. The van der Waals surface area contributed by atoms with Crippen molar-refractivity contribution in [1.82, 2.24) is 24.0 Å². The van der Waals surface area contributed by atoms with Gasteiger partial charge in [-0.25, -0.2) is 27.9 Å². The number of likely N-dealkylation sites (tertiary alicyclic amines) is 1. The lowest BCUT2D eigenvalue weighted by Gasteiger charge is -2.27. The lowest BCUT2D eigenvalue weighted by molar-refractivity contribution is 0.0700. The highest BCUT2D eigenvalue weighted by Crippen LogP contribution is 2.40. The third-order valence-electron chi connectivity index (χ3n) is 9.97. The molecule has 0 spiro atoms. The summed E-state index contributed by atoms with van der Waals surface area (Å²) in [4.78, 5) is 25.2. The SMILES string of the molecule is COc1cc(C(=O)N2CC3CCC2[C@@H]3N)cc2nc(-c3cc4ccc(-c5ccc(S(N)(=O)=O)cc5F)nc4n3CC3CC3)n(C)c12. The number of nitrogens with two attached hydrogens (primary N) is 2. The second kappa shape index (κ2) is 10.3. The fraction of sp³-hybridized carbons (Fsp3) is 0.364. The van der Waals surface area contributed by atoms with Crippen LogP contribution in [0.4, 0.5) is 4.39 Å². The van der Waals surface area contributed by atoms with Crippen LogP contribution in [0.5, 0.6) is 5.75 Å². The van der Waals surface area contributed by atoms with E-state index in [4.69, 9.17) is 25.6 Å². The summed E-state index contributed by atoms with van der Waals surface area (Å²) >= 11 is 0. The van der Waals surface area contributed by atoms with Crippen molar-refractivity contribution in [2.24, 2.45) is 29.8 Å². The number of rotatable bonds is 7. The third-order valence-corrected chi connectivity index (χ3v) is 10.9. The molecule has 4 N–H and O–H groups in total. The first kappa shape index (κ1) is 29.1. The summed E-state index contributed by atoms with van der Waals surface area (Å²) in [7, 11) is -0.530. The number of ether oxygens (including phenoxy) is 1. The molecule has 2 bridgehead atoms. The number of methoxy groups -OCH3 is 1. The molecule has 1 amide bonds. The molecule has 8 rings (SSSR count). The van der Waals surface area contributed by atoms with Crippen LogP contribution < -0.4 is 15.6 Å². The van der Waals surface area contributed by atoms with E-state index >= 15 is 4.39 Å². The van der Waals surface area contributed by atoms with E-state index < -0.39 is 15.8 Å². The summed E-state index contributed by atoms with van der Waals surface area (Å²) in [5, 5.41) is 6.05. The van der Waals surface area contributed by atoms with Gasteiger partial charge in [-0.15, -0.1) is 0 Å². The van der Waals surface area contributed by atoms with Crippen LogP contribution in [0.2, 0.25) is 0 Å². The van der Waals surface area contributed by atoms with E-state index in [9.17, 15) is 13.2 Å². The number of hydrogen-bond acceptors (Lipinski definition) is 7. The van der Waals surface area contributed by atoms with E-state index in [1.165, 1.54) is 12.1 Å². The molecule has 13 heteroatoms. The number of fused-ring (bicyclic) bond motifs is 4. The predicted octanol–water partition coefficient (Wildman–Crippen LogP) is 4.02. The van der Waals surface area contributed by atoms with Gasteiger partial charge in [0, 0.05) is 48.7 Å². The van der Waals surface area contributed by atoms with Crippen LogP contribution in [-0.4, -0.2) is 64.1 Å². The highest BCUT2D eigenvalue weighted by Gasteiger charge is 2.47. The van der Waals surface area contributed by atoms with Gasteiger partial charge in [0.05, 0.1) is 28.9 Å². The Morgan fingerprint density at radius 3 is 2.52 bits per heavy atom. The zero-order valence-corrected chi connectivity index (χ0v) is 26.3. The summed E-state index contributed by atoms with van der Waals surface area (Å²) in [6.45, 7) is 1.39. The number of benzene rings is 2. The Hall–Kier alpha value is -4.33. The first-order valence-corrected chi connectivity index (χ1v) is 17.0. The van der Waals surface area contributed by atoms with Crippen LogP contribution in [0.25, 0.3) is 44.8 Å². The molecule has 2 aliphatic carbocycles. The Morgan fingerprint density at radius 2 is 1.87 bits per heavy atom. The first-order chi connectivity index (χ1) is 22.0. The van der Waals surface area contributed by atoms with E-state index in [0.29, 0.717) is 58.9 Å². The van der Waals surface area contributed by atoms with E-state index in [0.717, 1.165) is 48.3 Å². The molecule has 4 heterocycles. The molecule has 46 heavy (non-hydrogen) atoms. The number of aromatic nitrogens is 4. The Balaban J connectivity index is 1.23. The molecule has 1 saturated heterocycles. The third kappa shape index (κ3) is 4.59. The fourth-order valence-corrected chi connectivity index (χ4v) is 7.88. The van der Waals surface area contributed by atoms with E-state index in [1.54, 1.807) is 19.2 Å². The highest BCUT2D eigenvalue weighted by molar-refractivity contribution is 7.89. The first-order valence-electron chi connectivity index (χ1n) is 15.5. The van der Waals surface area contributed by atoms with E-state index in [1.807, 2.05) is 34.7 Å². The Kier molecular flexibility index (Phi) is 6.54. The van der Waals surface area contributed by atoms with Crippen molar-refractivity contribution in [3.05, 3.63) is 59.9 Å². The second-order valence-electron chi connectivity index (χ2n) is 12.9. The van der Waals surface area contributed by atoms with Crippen molar-refractivity contribution in [2.75, 3.05) is 13.7 Å². The van der Waals surface area contributed by atoms with Gasteiger partial charge in [0.15, 0.2) is 5.82 Å². The molecule has 3 aliphatic rings. The van der Waals surface area contributed by atoms with Gasteiger partial charge < -0.3 is 24.5 Å². The zero-order chi connectivity index (χ0) is 32.1. The number of imidazole rings is 1. The number of pyridine rings is 1. The van der Waals surface area contributed by atoms with E-state index in [2.05, 4.69) is 4.57 Å². The molecule has 0 radical (unpaired) electrons.